The second kappa shape index (κ2) is 54.2. The molecule has 1 heterocycles. The molecule has 2 rings (SSSR count). The molecular weight excluding hydrogens is 1040 g/mol. The number of hydrogen-bond acceptors (Lipinski definition) is 8. The zero-order valence-electron chi connectivity index (χ0n) is 56.7. The predicted molar refractivity (Wildman–Crippen MR) is 359 cm³/mol. The summed E-state index contributed by atoms with van der Waals surface area (Å²) in [5.74, 6) is -0.696. The molecule has 0 aromatic heterocycles. The van der Waals surface area contributed by atoms with Gasteiger partial charge in [-0.25, -0.2) is 0 Å². The van der Waals surface area contributed by atoms with Gasteiger partial charge < -0.3 is 35.4 Å². The fraction of sp³-hybridized carbons (Fsp3) is 0.959. The van der Waals surface area contributed by atoms with Crippen molar-refractivity contribution in [3.63, 3.8) is 0 Å². The van der Waals surface area contributed by atoms with Crippen LogP contribution in [0.5, 0.6) is 0 Å². The Hall–Kier alpha value is -1.75. The van der Waals surface area contributed by atoms with E-state index in [1.807, 2.05) is 0 Å². The van der Waals surface area contributed by atoms with Gasteiger partial charge in [0.2, 0.25) is 11.8 Å². The molecule has 10 nitrogen and oxygen atoms in total. The van der Waals surface area contributed by atoms with Crippen LogP contribution in [0.3, 0.4) is 0 Å². The van der Waals surface area contributed by atoms with E-state index in [0.29, 0.717) is 25.9 Å². The Kier molecular flexibility index (Phi) is 50.6. The number of amides is 2. The van der Waals surface area contributed by atoms with Gasteiger partial charge in [0.25, 0.3) is 0 Å². The maximum absolute atomic E-state index is 13.7. The van der Waals surface area contributed by atoms with Crippen LogP contribution in [0, 0.1) is 16.2 Å². The Labute approximate surface area is 521 Å². The first kappa shape index (κ1) is 78.3. The van der Waals surface area contributed by atoms with E-state index in [1.54, 1.807) is 0 Å². The van der Waals surface area contributed by atoms with E-state index in [4.69, 9.17) is 4.74 Å². The second-order valence-corrected chi connectivity index (χ2v) is 28.0. The zero-order valence-corrected chi connectivity index (χ0v) is 56.7. The van der Waals surface area contributed by atoms with Gasteiger partial charge in [0.05, 0.1) is 18.6 Å². The minimum absolute atomic E-state index is 0.0602. The summed E-state index contributed by atoms with van der Waals surface area (Å²) in [4.78, 5) is 46.3. The van der Waals surface area contributed by atoms with Crippen molar-refractivity contribution in [3.05, 3.63) is 0 Å². The van der Waals surface area contributed by atoms with Crippen LogP contribution >= 0.6 is 0 Å². The van der Waals surface area contributed by atoms with E-state index >= 15 is 0 Å². The van der Waals surface area contributed by atoms with E-state index in [2.05, 4.69) is 48.1 Å². The van der Waals surface area contributed by atoms with E-state index in [0.717, 1.165) is 51.6 Å². The molecule has 0 aromatic carbocycles. The average molecular weight is 1190 g/mol. The minimum atomic E-state index is -1.23. The summed E-state index contributed by atoms with van der Waals surface area (Å²) in [6.45, 7) is 16.9. The maximum Gasteiger partial charge on any atom is 0.314 e. The molecule has 0 radical (unpaired) electrons. The third-order valence-electron chi connectivity index (χ3n) is 19.6. The molecule has 2 fully saturated rings. The van der Waals surface area contributed by atoms with Gasteiger partial charge in [-0.05, 0) is 110 Å². The number of fused-ring (bicyclic) bond motifs is 2. The monoisotopic (exact) mass is 1190 g/mol. The highest BCUT2D eigenvalue weighted by molar-refractivity contribution is 5.81. The molecule has 3 atom stereocenters. The molecule has 1 aliphatic carbocycles. The zero-order chi connectivity index (χ0) is 60.8. The van der Waals surface area contributed by atoms with Crippen molar-refractivity contribution >= 4 is 17.8 Å². The van der Waals surface area contributed by atoms with Gasteiger partial charge in [-0.3, -0.25) is 14.4 Å². The lowest BCUT2D eigenvalue weighted by atomic mass is 9.50. The highest BCUT2D eigenvalue weighted by Crippen LogP contribution is 2.60. The number of ether oxygens (including phenoxy) is 1. The second-order valence-electron chi connectivity index (χ2n) is 28.0. The van der Waals surface area contributed by atoms with Crippen molar-refractivity contribution in [2.45, 2.75) is 368 Å². The van der Waals surface area contributed by atoms with Gasteiger partial charge in [0.1, 0.15) is 0 Å². The third-order valence-corrected chi connectivity index (χ3v) is 19.6. The Morgan fingerprint density at radius 3 is 0.929 bits per heavy atom. The number of aliphatic hydroxyl groups is 2. The van der Waals surface area contributed by atoms with E-state index in [-0.39, 0.29) is 44.3 Å². The fourth-order valence-electron chi connectivity index (χ4n) is 14.5. The van der Waals surface area contributed by atoms with Crippen LogP contribution in [-0.2, 0) is 19.1 Å². The first-order valence-corrected chi connectivity index (χ1v) is 37.5. The van der Waals surface area contributed by atoms with Crippen LogP contribution in [0.2, 0.25) is 0 Å². The first-order chi connectivity index (χ1) is 41.1. The Balaban J connectivity index is 1.79. The highest BCUT2D eigenvalue weighted by atomic mass is 16.5. The number of cyclic esters (lactones) is 1. The smallest absolute Gasteiger partial charge is 0.314 e. The molecule has 10 heteroatoms. The van der Waals surface area contributed by atoms with Gasteiger partial charge in [0.15, 0.2) is 0 Å². The number of aliphatic hydroxyl groups excluding tert-OH is 2. The first-order valence-electron chi connectivity index (χ1n) is 37.5. The maximum atomic E-state index is 13.7. The number of hydrogen-bond donors (Lipinski definition) is 4. The molecule has 1 saturated heterocycles. The molecule has 1 aliphatic heterocycles. The summed E-state index contributed by atoms with van der Waals surface area (Å²) < 4.78 is 5.76. The number of carbonyl (C=O) groups is 3. The molecule has 4 N–H and O–H groups in total. The van der Waals surface area contributed by atoms with E-state index in [1.165, 1.54) is 296 Å². The lowest BCUT2D eigenvalue weighted by Crippen LogP contribution is -2.59. The van der Waals surface area contributed by atoms with Crippen molar-refractivity contribution in [2.24, 2.45) is 16.2 Å². The minimum Gasteiger partial charge on any atom is -0.465 e. The Morgan fingerprint density at radius 1 is 0.369 bits per heavy atom. The largest absolute Gasteiger partial charge is 0.465 e. The van der Waals surface area contributed by atoms with Crippen LogP contribution < -0.4 is 10.6 Å². The Morgan fingerprint density at radius 2 is 0.643 bits per heavy atom. The molecule has 2 amide bonds. The fourth-order valence-corrected chi connectivity index (χ4v) is 14.5. The number of unbranched alkanes of at least 4 members (excludes halogenated alkanes) is 42. The quantitative estimate of drug-likeness (QED) is 0.0350. The molecule has 1 saturated carbocycles. The van der Waals surface area contributed by atoms with Crippen molar-refractivity contribution < 1.29 is 29.3 Å². The standard InChI is InChI=1S/C74H144N4O6/c1-5-9-13-17-21-25-29-33-39-47-55-77(56-48-40-34-30-26-22-18-14-10-6-2)59-51-43-37-45-53-75-69(81)61-72(66-79)63-73(65-74(64-72,67-80)71(83)84-68-73)62-70(82)76-54-46-38-44-52-60-78(57-49-41-35-31-27-23-19-15-11-7-3)58-50-42-36-32-28-24-20-16-12-8-4/h79-80H,5-68H2,1-4H3,(H,75,81)(H,76,82)/t72?,73-,74+/m1/s1. The van der Waals surface area contributed by atoms with Gasteiger partial charge in [0, 0.05) is 43.4 Å². The normalized spacial score (nSPS) is 18.7. The number of nitrogens with zero attached hydrogens (tertiary/aromatic N) is 2. The van der Waals surface area contributed by atoms with Crippen molar-refractivity contribution in [1.29, 1.82) is 0 Å². The van der Waals surface area contributed by atoms with Gasteiger partial charge in [-0.1, -0.05) is 285 Å². The molecule has 0 spiro atoms. The summed E-state index contributed by atoms with van der Waals surface area (Å²) in [5, 5.41) is 28.2. The van der Waals surface area contributed by atoms with Crippen molar-refractivity contribution in [2.75, 3.05) is 72.2 Å². The summed E-state index contributed by atoms with van der Waals surface area (Å²) in [7, 11) is 0. The summed E-state index contributed by atoms with van der Waals surface area (Å²) in [6, 6.07) is 0. The molecular formula is C74H144N4O6. The summed E-state index contributed by atoms with van der Waals surface area (Å²) >= 11 is 0. The van der Waals surface area contributed by atoms with E-state index in [9.17, 15) is 24.6 Å². The predicted octanol–water partition coefficient (Wildman–Crippen LogP) is 19.1. The van der Waals surface area contributed by atoms with Crippen LogP contribution in [0.4, 0.5) is 0 Å². The highest BCUT2D eigenvalue weighted by Gasteiger charge is 2.62. The molecule has 496 valence electrons. The van der Waals surface area contributed by atoms with Crippen LogP contribution in [-0.4, -0.2) is 110 Å². The molecule has 2 bridgehead atoms. The molecule has 1 unspecified atom stereocenters. The SMILES string of the molecule is CCCCCCCCCCCCN(CCCCCCCCCCCC)CCCCCCNC(=O)CC1(CO)C[C@@]2(CC(=O)NCCCCCCN(CCCCCCCCCCCC)CCCCCCCCCCCC)COC(=O)[C@@](CO)(C1)C2. The number of nitrogens with one attached hydrogen (secondary N) is 2. The van der Waals surface area contributed by atoms with Crippen LogP contribution in [0.15, 0.2) is 0 Å². The van der Waals surface area contributed by atoms with E-state index < -0.39 is 28.8 Å². The lowest BCUT2D eigenvalue weighted by Gasteiger charge is -2.56. The molecule has 0 aromatic rings. The molecule has 84 heavy (non-hydrogen) atoms. The third kappa shape index (κ3) is 40.0. The topological polar surface area (TPSA) is 131 Å². The van der Waals surface area contributed by atoms with Crippen LogP contribution in [0.25, 0.3) is 0 Å². The lowest BCUT2D eigenvalue weighted by molar-refractivity contribution is -0.203. The number of carbonyl (C=O) groups excluding carboxylic acids is 3. The number of rotatable bonds is 64. The number of esters is 1. The van der Waals surface area contributed by atoms with Crippen LogP contribution in [0.1, 0.15) is 368 Å². The van der Waals surface area contributed by atoms with Gasteiger partial charge >= 0.3 is 5.97 Å². The van der Waals surface area contributed by atoms with Crippen molar-refractivity contribution in [3.8, 4) is 0 Å². The van der Waals surface area contributed by atoms with Gasteiger partial charge in [-0.2, -0.15) is 0 Å². The average Bonchev–Trinajstić information content (AvgIpc) is 1.20. The summed E-state index contributed by atoms with van der Waals surface area (Å²) in [5.41, 5.74) is -2.90. The van der Waals surface area contributed by atoms with Gasteiger partial charge in [-0.15, -0.1) is 0 Å². The Bertz CT molecular complexity index is 1390. The summed E-state index contributed by atoms with van der Waals surface area (Å²) in [6.07, 6.45) is 64.7. The molecule has 2 aliphatic rings. The van der Waals surface area contributed by atoms with Crippen molar-refractivity contribution in [1.82, 2.24) is 20.4 Å².